The quantitative estimate of drug-likeness (QED) is 0.874. The van der Waals surface area contributed by atoms with Crippen molar-refractivity contribution in [3.05, 3.63) is 21.7 Å². The lowest BCUT2D eigenvalue weighted by Crippen LogP contribution is -2.39. The molecule has 118 valence electrons. The topological polar surface area (TPSA) is 81.0 Å². The fraction of sp³-hybridized carbons (Fsp3) is 0.750. The number of nitrogens with two attached hydrogens (primary N) is 1. The summed E-state index contributed by atoms with van der Waals surface area (Å²) < 4.78 is 6.05. The van der Waals surface area contributed by atoms with Gasteiger partial charge in [-0.2, -0.15) is 0 Å². The van der Waals surface area contributed by atoms with Crippen LogP contribution in [0.3, 0.4) is 0 Å². The van der Waals surface area contributed by atoms with E-state index in [0.29, 0.717) is 36.2 Å². The van der Waals surface area contributed by atoms with Crippen molar-refractivity contribution in [2.45, 2.75) is 64.9 Å². The van der Waals surface area contributed by atoms with Crippen molar-refractivity contribution in [1.82, 2.24) is 9.97 Å². The molecule has 0 aliphatic heterocycles. The van der Waals surface area contributed by atoms with Gasteiger partial charge in [0.25, 0.3) is 5.56 Å². The molecule has 1 heterocycles. The molecule has 1 saturated carbocycles. The molecule has 0 aromatic carbocycles. The predicted octanol–water partition coefficient (Wildman–Crippen LogP) is 2.75. The average molecular weight is 293 g/mol. The van der Waals surface area contributed by atoms with Crippen LogP contribution in [-0.2, 0) is 16.8 Å². The van der Waals surface area contributed by atoms with Gasteiger partial charge in [0.15, 0.2) is 0 Å². The summed E-state index contributed by atoms with van der Waals surface area (Å²) in [5.74, 6) is 1.53. The van der Waals surface area contributed by atoms with Crippen LogP contribution in [0.15, 0.2) is 4.79 Å². The van der Waals surface area contributed by atoms with Crippen LogP contribution in [0.2, 0.25) is 0 Å². The zero-order valence-electron chi connectivity index (χ0n) is 13.4. The lowest BCUT2D eigenvalue weighted by atomic mass is 9.78. The largest absolute Gasteiger partial charge is 0.383 e. The highest BCUT2D eigenvalue weighted by atomic mass is 16.5. The molecule has 2 unspecified atom stereocenters. The molecule has 21 heavy (non-hydrogen) atoms. The van der Waals surface area contributed by atoms with Gasteiger partial charge in [0.2, 0.25) is 0 Å². The Balaban J connectivity index is 2.44. The standard InChI is InChI=1S/C16H27N3O2/c1-4-7-12-13(17)18-15(19-14(12)20)16(21-5-2)9-6-8-11(3)10-16/h11H,4-10H2,1-3H3,(H3,17,18,19,20). The Labute approximate surface area is 126 Å². The summed E-state index contributed by atoms with van der Waals surface area (Å²) in [4.78, 5) is 19.7. The summed E-state index contributed by atoms with van der Waals surface area (Å²) in [6.45, 7) is 6.83. The van der Waals surface area contributed by atoms with Crippen LogP contribution in [0.1, 0.15) is 64.3 Å². The van der Waals surface area contributed by atoms with Crippen LogP contribution >= 0.6 is 0 Å². The van der Waals surface area contributed by atoms with Gasteiger partial charge in [0.1, 0.15) is 17.2 Å². The molecule has 1 fully saturated rings. The molecule has 0 spiro atoms. The molecule has 3 N–H and O–H groups in total. The Morgan fingerprint density at radius 3 is 2.81 bits per heavy atom. The number of H-pyrrole nitrogens is 1. The van der Waals surface area contributed by atoms with Gasteiger partial charge in [-0.15, -0.1) is 0 Å². The number of rotatable bonds is 5. The average Bonchev–Trinajstić information content (AvgIpc) is 2.43. The molecule has 0 radical (unpaired) electrons. The third kappa shape index (κ3) is 3.28. The van der Waals surface area contributed by atoms with Crippen molar-refractivity contribution in [2.75, 3.05) is 12.3 Å². The Morgan fingerprint density at radius 2 is 2.24 bits per heavy atom. The first kappa shape index (κ1) is 16.0. The molecular formula is C16H27N3O2. The minimum Gasteiger partial charge on any atom is -0.383 e. The molecule has 0 amide bonds. The maximum atomic E-state index is 12.3. The highest BCUT2D eigenvalue weighted by molar-refractivity contribution is 5.38. The number of nitrogens with zero attached hydrogens (tertiary/aromatic N) is 1. The van der Waals surface area contributed by atoms with Gasteiger partial charge >= 0.3 is 0 Å². The minimum atomic E-state index is -0.482. The van der Waals surface area contributed by atoms with Gasteiger partial charge in [-0.25, -0.2) is 4.98 Å². The van der Waals surface area contributed by atoms with Crippen molar-refractivity contribution in [3.63, 3.8) is 0 Å². The maximum Gasteiger partial charge on any atom is 0.256 e. The normalized spacial score (nSPS) is 26.0. The van der Waals surface area contributed by atoms with Crippen LogP contribution < -0.4 is 11.3 Å². The molecule has 5 nitrogen and oxygen atoms in total. The summed E-state index contributed by atoms with van der Waals surface area (Å²) in [5.41, 5.74) is 6.02. The van der Waals surface area contributed by atoms with E-state index >= 15 is 0 Å². The molecule has 1 aliphatic rings. The number of nitrogens with one attached hydrogen (secondary N) is 1. The molecule has 2 atom stereocenters. The van der Waals surface area contributed by atoms with E-state index in [0.717, 1.165) is 25.7 Å². The number of aromatic amines is 1. The molecule has 5 heteroatoms. The Kier molecular flexibility index (Phi) is 5.04. The second kappa shape index (κ2) is 6.60. The van der Waals surface area contributed by atoms with Crippen molar-refractivity contribution >= 4 is 5.82 Å². The van der Waals surface area contributed by atoms with E-state index in [1.807, 2.05) is 13.8 Å². The molecule has 1 aliphatic carbocycles. The summed E-state index contributed by atoms with van der Waals surface area (Å²) in [7, 11) is 0. The second-order valence-corrected chi connectivity index (χ2v) is 6.16. The second-order valence-electron chi connectivity index (χ2n) is 6.16. The first-order valence-corrected chi connectivity index (χ1v) is 8.05. The van der Waals surface area contributed by atoms with E-state index in [2.05, 4.69) is 16.9 Å². The van der Waals surface area contributed by atoms with Crippen LogP contribution in [0.4, 0.5) is 5.82 Å². The Hall–Kier alpha value is -1.36. The summed E-state index contributed by atoms with van der Waals surface area (Å²) in [5, 5.41) is 0. The first-order valence-electron chi connectivity index (χ1n) is 8.05. The number of anilines is 1. The summed E-state index contributed by atoms with van der Waals surface area (Å²) in [6, 6.07) is 0. The Morgan fingerprint density at radius 1 is 1.48 bits per heavy atom. The van der Waals surface area contributed by atoms with Crippen LogP contribution in [0, 0.1) is 5.92 Å². The van der Waals surface area contributed by atoms with Gasteiger partial charge in [-0.1, -0.05) is 26.7 Å². The smallest absolute Gasteiger partial charge is 0.256 e. The number of nitrogen functional groups attached to an aromatic ring is 1. The number of hydrogen-bond acceptors (Lipinski definition) is 4. The van der Waals surface area contributed by atoms with E-state index in [9.17, 15) is 4.79 Å². The zero-order valence-corrected chi connectivity index (χ0v) is 13.4. The molecule has 1 aromatic rings. The minimum absolute atomic E-state index is 0.114. The van der Waals surface area contributed by atoms with E-state index in [4.69, 9.17) is 10.5 Å². The molecule has 0 saturated heterocycles. The number of aromatic nitrogens is 2. The highest BCUT2D eigenvalue weighted by Gasteiger charge is 2.40. The van der Waals surface area contributed by atoms with Gasteiger partial charge in [0.05, 0.1) is 5.56 Å². The van der Waals surface area contributed by atoms with Crippen molar-refractivity contribution in [1.29, 1.82) is 0 Å². The van der Waals surface area contributed by atoms with E-state index < -0.39 is 5.60 Å². The van der Waals surface area contributed by atoms with Gasteiger partial charge in [0, 0.05) is 6.61 Å². The van der Waals surface area contributed by atoms with E-state index in [1.54, 1.807) is 0 Å². The number of ether oxygens (including phenoxy) is 1. The zero-order chi connectivity index (χ0) is 15.5. The predicted molar refractivity (Wildman–Crippen MR) is 84.2 cm³/mol. The lowest BCUT2D eigenvalue weighted by Gasteiger charge is -2.38. The van der Waals surface area contributed by atoms with Crippen LogP contribution in [-0.4, -0.2) is 16.6 Å². The maximum absolute atomic E-state index is 12.3. The number of hydrogen-bond donors (Lipinski definition) is 2. The van der Waals surface area contributed by atoms with Crippen molar-refractivity contribution in [3.8, 4) is 0 Å². The first-order chi connectivity index (χ1) is 10.0. The van der Waals surface area contributed by atoms with E-state index in [-0.39, 0.29) is 5.56 Å². The molecule has 2 rings (SSSR count). The molecule has 0 bridgehead atoms. The highest BCUT2D eigenvalue weighted by Crippen LogP contribution is 2.41. The van der Waals surface area contributed by atoms with E-state index in [1.165, 1.54) is 6.42 Å². The fourth-order valence-electron chi connectivity index (χ4n) is 3.42. The summed E-state index contributed by atoms with van der Waals surface area (Å²) in [6.07, 6.45) is 5.59. The SMILES string of the molecule is CCCc1c(N)nc(C2(OCC)CCCC(C)C2)[nH]c1=O. The monoisotopic (exact) mass is 293 g/mol. The third-order valence-corrected chi connectivity index (χ3v) is 4.36. The molecular weight excluding hydrogens is 266 g/mol. The third-order valence-electron chi connectivity index (χ3n) is 4.36. The van der Waals surface area contributed by atoms with Crippen LogP contribution in [0.25, 0.3) is 0 Å². The van der Waals surface area contributed by atoms with Crippen molar-refractivity contribution < 1.29 is 4.74 Å². The van der Waals surface area contributed by atoms with Gasteiger partial charge in [-0.05, 0) is 38.5 Å². The molecule has 1 aromatic heterocycles. The van der Waals surface area contributed by atoms with Crippen molar-refractivity contribution in [2.24, 2.45) is 5.92 Å². The Bertz CT molecular complexity index is 537. The van der Waals surface area contributed by atoms with Crippen LogP contribution in [0.5, 0.6) is 0 Å². The lowest BCUT2D eigenvalue weighted by molar-refractivity contribution is -0.0881. The van der Waals surface area contributed by atoms with Gasteiger partial charge < -0.3 is 15.5 Å². The fourth-order valence-corrected chi connectivity index (χ4v) is 3.42. The van der Waals surface area contributed by atoms with Gasteiger partial charge in [-0.3, -0.25) is 4.79 Å². The summed E-state index contributed by atoms with van der Waals surface area (Å²) >= 11 is 0.